The summed E-state index contributed by atoms with van der Waals surface area (Å²) in [6.45, 7) is 9.80. The summed E-state index contributed by atoms with van der Waals surface area (Å²) in [7, 11) is 0. The Morgan fingerprint density at radius 2 is 1.97 bits per heavy atom. The van der Waals surface area contributed by atoms with Crippen molar-refractivity contribution in [3.63, 3.8) is 0 Å². The van der Waals surface area contributed by atoms with Crippen LogP contribution in [0.2, 0.25) is 0 Å². The van der Waals surface area contributed by atoms with Crippen LogP contribution in [0.1, 0.15) is 57.2 Å². The van der Waals surface area contributed by atoms with Crippen molar-refractivity contribution in [2.75, 3.05) is 6.61 Å². The number of rotatable bonds is 3. The third kappa shape index (κ3) is 4.50. The van der Waals surface area contributed by atoms with Gasteiger partial charge in [-0.15, -0.1) is 0 Å². The van der Waals surface area contributed by atoms with E-state index in [0.717, 1.165) is 11.1 Å². The molecule has 1 aromatic rings. The Balaban J connectivity index is 1.97. The number of ether oxygens (including phenoxy) is 3. The fourth-order valence-electron chi connectivity index (χ4n) is 3.74. The van der Waals surface area contributed by atoms with Crippen LogP contribution in [0, 0.1) is 11.3 Å². The Hall–Kier alpha value is -3.47. The van der Waals surface area contributed by atoms with Crippen LogP contribution in [-0.2, 0) is 32.1 Å². The zero-order valence-corrected chi connectivity index (χ0v) is 18.4. The molecule has 0 fully saturated rings. The number of fused-ring (bicyclic) bond motifs is 1. The van der Waals surface area contributed by atoms with E-state index in [1.807, 2.05) is 39.0 Å². The molecule has 164 valence electrons. The number of amides is 1. The van der Waals surface area contributed by atoms with Crippen molar-refractivity contribution in [2.45, 2.75) is 59.2 Å². The van der Waals surface area contributed by atoms with Crippen LogP contribution in [0.3, 0.4) is 0 Å². The van der Waals surface area contributed by atoms with Crippen LogP contribution in [0.5, 0.6) is 0 Å². The van der Waals surface area contributed by atoms with Gasteiger partial charge in [-0.1, -0.05) is 18.2 Å². The Bertz CT molecular complexity index is 1030. The quantitative estimate of drug-likeness (QED) is 0.736. The highest BCUT2D eigenvalue weighted by molar-refractivity contribution is 5.92. The second-order valence-corrected chi connectivity index (χ2v) is 8.48. The van der Waals surface area contributed by atoms with Crippen LogP contribution in [0.4, 0.5) is 4.79 Å². The summed E-state index contributed by atoms with van der Waals surface area (Å²) in [4.78, 5) is 26.7. The first kappa shape index (κ1) is 22.2. The van der Waals surface area contributed by atoms with Gasteiger partial charge in [0.1, 0.15) is 23.0 Å². The van der Waals surface area contributed by atoms with E-state index in [1.165, 1.54) is 0 Å². The zero-order valence-electron chi connectivity index (χ0n) is 18.4. The smallest absolute Gasteiger partial charge is 0.410 e. The average Bonchev–Trinajstić information content (AvgIpc) is 3.09. The lowest BCUT2D eigenvalue weighted by Crippen LogP contribution is -2.33. The maximum Gasteiger partial charge on any atom is 0.410 e. The number of nitrogens with two attached hydrogens (primary N) is 1. The van der Waals surface area contributed by atoms with Gasteiger partial charge in [-0.25, -0.2) is 9.59 Å². The van der Waals surface area contributed by atoms with Gasteiger partial charge in [-0.05, 0) is 51.3 Å². The number of benzene rings is 1. The van der Waals surface area contributed by atoms with Crippen molar-refractivity contribution in [2.24, 2.45) is 5.73 Å². The molecule has 31 heavy (non-hydrogen) atoms. The van der Waals surface area contributed by atoms with E-state index in [9.17, 15) is 14.9 Å². The SMILES string of the molecule is CCOC(=O)C1=C(C)OC(N)=C(C#N)C1c1ccc2c(c1)CN(C(=O)OC(C)(C)C)C2. The van der Waals surface area contributed by atoms with E-state index in [0.29, 0.717) is 24.4 Å². The number of allylic oxidation sites excluding steroid dienone is 2. The molecule has 0 aliphatic carbocycles. The molecular formula is C23H27N3O5. The highest BCUT2D eigenvalue weighted by Crippen LogP contribution is 2.41. The number of nitriles is 1. The van der Waals surface area contributed by atoms with Gasteiger partial charge in [0.25, 0.3) is 0 Å². The van der Waals surface area contributed by atoms with Crippen LogP contribution in [-0.4, -0.2) is 29.2 Å². The minimum absolute atomic E-state index is 0.0334. The summed E-state index contributed by atoms with van der Waals surface area (Å²) in [5.74, 6) is -0.996. The summed E-state index contributed by atoms with van der Waals surface area (Å²) < 4.78 is 16.1. The Morgan fingerprint density at radius 3 is 2.58 bits per heavy atom. The molecule has 2 aliphatic heterocycles. The molecule has 0 saturated heterocycles. The minimum atomic E-state index is -0.710. The highest BCUT2D eigenvalue weighted by atomic mass is 16.6. The molecule has 8 heteroatoms. The summed E-state index contributed by atoms with van der Waals surface area (Å²) >= 11 is 0. The topological polar surface area (TPSA) is 115 Å². The summed E-state index contributed by atoms with van der Waals surface area (Å²) in [5.41, 5.74) is 8.38. The van der Waals surface area contributed by atoms with E-state index in [2.05, 4.69) is 6.07 Å². The van der Waals surface area contributed by atoms with Crippen molar-refractivity contribution < 1.29 is 23.8 Å². The second kappa shape index (κ2) is 8.34. The molecule has 0 radical (unpaired) electrons. The number of nitrogens with zero attached hydrogens (tertiary/aromatic N) is 2. The van der Waals surface area contributed by atoms with E-state index >= 15 is 0 Å². The monoisotopic (exact) mass is 425 g/mol. The van der Waals surface area contributed by atoms with Crippen LogP contribution >= 0.6 is 0 Å². The molecule has 1 unspecified atom stereocenters. The number of esters is 1. The molecule has 2 heterocycles. The molecule has 2 aliphatic rings. The fourth-order valence-corrected chi connectivity index (χ4v) is 3.74. The molecule has 1 aromatic carbocycles. The number of carbonyl (C=O) groups excluding carboxylic acids is 2. The molecule has 0 spiro atoms. The third-order valence-electron chi connectivity index (χ3n) is 5.04. The molecule has 0 aromatic heterocycles. The molecule has 8 nitrogen and oxygen atoms in total. The van der Waals surface area contributed by atoms with Crippen molar-refractivity contribution >= 4 is 12.1 Å². The minimum Gasteiger partial charge on any atom is -0.463 e. The molecule has 1 atom stereocenters. The maximum atomic E-state index is 12.7. The predicted molar refractivity (Wildman–Crippen MR) is 112 cm³/mol. The van der Waals surface area contributed by atoms with E-state index in [-0.39, 0.29) is 29.7 Å². The van der Waals surface area contributed by atoms with Crippen molar-refractivity contribution in [3.8, 4) is 6.07 Å². The molecular weight excluding hydrogens is 398 g/mol. The van der Waals surface area contributed by atoms with Crippen LogP contribution in [0.15, 0.2) is 41.0 Å². The average molecular weight is 425 g/mol. The molecule has 1 amide bonds. The van der Waals surface area contributed by atoms with Crippen molar-refractivity contribution in [3.05, 3.63) is 57.7 Å². The van der Waals surface area contributed by atoms with Crippen LogP contribution in [0.25, 0.3) is 0 Å². The van der Waals surface area contributed by atoms with Gasteiger partial charge >= 0.3 is 12.1 Å². The van der Waals surface area contributed by atoms with Gasteiger partial charge in [0.05, 0.1) is 18.1 Å². The zero-order chi connectivity index (χ0) is 22.9. The first-order valence-corrected chi connectivity index (χ1v) is 10.1. The lowest BCUT2D eigenvalue weighted by Gasteiger charge is -2.27. The maximum absolute atomic E-state index is 12.7. The molecule has 0 saturated carbocycles. The third-order valence-corrected chi connectivity index (χ3v) is 5.04. The first-order chi connectivity index (χ1) is 14.6. The number of hydrogen-bond acceptors (Lipinski definition) is 7. The molecule has 3 rings (SSSR count). The lowest BCUT2D eigenvalue weighted by atomic mass is 9.82. The Morgan fingerprint density at radius 1 is 1.29 bits per heavy atom. The van der Waals surface area contributed by atoms with E-state index in [4.69, 9.17) is 19.9 Å². The van der Waals surface area contributed by atoms with Gasteiger partial charge in [-0.3, -0.25) is 4.90 Å². The van der Waals surface area contributed by atoms with Gasteiger partial charge < -0.3 is 19.9 Å². The van der Waals surface area contributed by atoms with E-state index < -0.39 is 17.5 Å². The van der Waals surface area contributed by atoms with Gasteiger partial charge in [0.15, 0.2) is 0 Å². The first-order valence-electron chi connectivity index (χ1n) is 10.1. The normalized spacial score (nSPS) is 18.3. The summed E-state index contributed by atoms with van der Waals surface area (Å²) in [6.07, 6.45) is -0.388. The molecule has 0 bridgehead atoms. The van der Waals surface area contributed by atoms with E-state index in [1.54, 1.807) is 18.7 Å². The summed E-state index contributed by atoms with van der Waals surface area (Å²) in [6, 6.07) is 7.70. The Labute approximate surface area is 181 Å². The molecule has 2 N–H and O–H groups in total. The number of hydrogen-bond donors (Lipinski definition) is 1. The second-order valence-electron chi connectivity index (χ2n) is 8.48. The van der Waals surface area contributed by atoms with Gasteiger partial charge in [0.2, 0.25) is 5.88 Å². The standard InChI is InChI=1S/C23H27N3O5/c1-6-29-21(27)18-13(2)30-20(25)17(10-24)19(18)14-7-8-15-11-26(12-16(15)9-14)22(28)31-23(3,4)5/h7-9,19H,6,11-12,25H2,1-5H3. The summed E-state index contributed by atoms with van der Waals surface area (Å²) in [5, 5.41) is 9.71. The van der Waals surface area contributed by atoms with Crippen LogP contribution < -0.4 is 5.73 Å². The predicted octanol–water partition coefficient (Wildman–Crippen LogP) is 3.58. The van der Waals surface area contributed by atoms with Gasteiger partial charge in [0, 0.05) is 13.1 Å². The lowest BCUT2D eigenvalue weighted by molar-refractivity contribution is -0.139. The van der Waals surface area contributed by atoms with Crippen molar-refractivity contribution in [1.29, 1.82) is 5.26 Å². The number of carbonyl (C=O) groups is 2. The largest absolute Gasteiger partial charge is 0.463 e. The van der Waals surface area contributed by atoms with Crippen molar-refractivity contribution in [1.82, 2.24) is 4.90 Å². The van der Waals surface area contributed by atoms with Gasteiger partial charge in [-0.2, -0.15) is 5.26 Å². The Kier molecular flexibility index (Phi) is 5.98. The fraction of sp³-hybridized carbons (Fsp3) is 0.435. The highest BCUT2D eigenvalue weighted by Gasteiger charge is 2.37.